The summed E-state index contributed by atoms with van der Waals surface area (Å²) in [5, 5.41) is 3.34. The molecule has 0 spiro atoms. The maximum Gasteiger partial charge on any atom is 0.242 e. The third-order valence-corrected chi connectivity index (χ3v) is 7.09. The first-order chi connectivity index (χ1) is 16.6. The van der Waals surface area contributed by atoms with Crippen LogP contribution in [0, 0.1) is 0 Å². The average Bonchev–Trinajstić information content (AvgIpc) is 2.83. The summed E-state index contributed by atoms with van der Waals surface area (Å²) >= 11 is 6.31. The van der Waals surface area contributed by atoms with Crippen LogP contribution < -0.4 is 14.4 Å². The number of hydrogen-bond acceptors (Lipinski definition) is 5. The topological polar surface area (TPSA) is 96.0 Å². The van der Waals surface area contributed by atoms with Crippen LogP contribution in [0.4, 0.5) is 5.69 Å². The number of amides is 2. The zero-order chi connectivity index (χ0) is 26.0. The Morgan fingerprint density at radius 2 is 1.77 bits per heavy atom. The summed E-state index contributed by atoms with van der Waals surface area (Å²) in [6.07, 6.45) is 2.25. The van der Waals surface area contributed by atoms with Crippen molar-refractivity contribution in [2.24, 2.45) is 0 Å². The Hall–Kier alpha value is -2.78. The molecule has 10 heteroatoms. The van der Waals surface area contributed by atoms with E-state index in [4.69, 9.17) is 16.3 Å². The first kappa shape index (κ1) is 28.5. The van der Waals surface area contributed by atoms with E-state index in [0.29, 0.717) is 23.0 Å². The molecule has 8 nitrogen and oxygen atoms in total. The fraction of sp³-hybridized carbons (Fsp3) is 0.440. The van der Waals surface area contributed by atoms with Gasteiger partial charge in [0.1, 0.15) is 11.8 Å². The predicted molar refractivity (Wildman–Crippen MR) is 139 cm³/mol. The Kier molecular flexibility index (Phi) is 10.9. The number of rotatable bonds is 13. The number of methoxy groups -OCH3 is 1. The van der Waals surface area contributed by atoms with Crippen LogP contribution in [-0.4, -0.2) is 57.6 Å². The van der Waals surface area contributed by atoms with Gasteiger partial charge in [-0.1, -0.05) is 36.7 Å². The first-order valence-corrected chi connectivity index (χ1v) is 13.7. The van der Waals surface area contributed by atoms with Crippen molar-refractivity contribution in [1.82, 2.24) is 10.2 Å². The van der Waals surface area contributed by atoms with Crippen LogP contribution in [0.1, 0.15) is 38.7 Å². The summed E-state index contributed by atoms with van der Waals surface area (Å²) in [6.45, 7) is 4.44. The summed E-state index contributed by atoms with van der Waals surface area (Å²) in [5.74, 6) is 0.110. The fourth-order valence-corrected chi connectivity index (χ4v) is 4.70. The highest BCUT2D eigenvalue weighted by molar-refractivity contribution is 7.92. The summed E-state index contributed by atoms with van der Waals surface area (Å²) < 4.78 is 31.2. The zero-order valence-corrected chi connectivity index (χ0v) is 22.2. The molecule has 0 bridgehead atoms. The third kappa shape index (κ3) is 8.43. The second kappa shape index (κ2) is 13.3. The van der Waals surface area contributed by atoms with Crippen LogP contribution in [0.2, 0.25) is 5.02 Å². The highest BCUT2D eigenvalue weighted by Crippen LogP contribution is 2.23. The minimum atomic E-state index is -3.56. The molecule has 192 valence electrons. The van der Waals surface area contributed by atoms with Gasteiger partial charge in [0, 0.05) is 31.1 Å². The van der Waals surface area contributed by atoms with Crippen LogP contribution in [0.3, 0.4) is 0 Å². The molecule has 1 atom stereocenters. The smallest absolute Gasteiger partial charge is 0.242 e. The lowest BCUT2D eigenvalue weighted by atomic mass is 10.1. The highest BCUT2D eigenvalue weighted by atomic mass is 35.5. The number of carbonyl (C=O) groups excluding carboxylic acids is 2. The molecular formula is C25H34ClN3O5S. The van der Waals surface area contributed by atoms with Crippen molar-refractivity contribution >= 4 is 39.1 Å². The molecule has 0 fully saturated rings. The molecule has 0 aliphatic heterocycles. The van der Waals surface area contributed by atoms with Crippen molar-refractivity contribution in [1.29, 1.82) is 0 Å². The quantitative estimate of drug-likeness (QED) is 0.430. The summed E-state index contributed by atoms with van der Waals surface area (Å²) in [5.41, 5.74) is 1.22. The third-order valence-electron chi connectivity index (χ3n) is 5.53. The normalized spacial score (nSPS) is 12.0. The van der Waals surface area contributed by atoms with Gasteiger partial charge >= 0.3 is 0 Å². The van der Waals surface area contributed by atoms with E-state index in [9.17, 15) is 18.0 Å². The van der Waals surface area contributed by atoms with E-state index in [2.05, 4.69) is 5.32 Å². The van der Waals surface area contributed by atoms with E-state index in [-0.39, 0.29) is 37.7 Å². The van der Waals surface area contributed by atoms with E-state index in [0.717, 1.165) is 18.2 Å². The van der Waals surface area contributed by atoms with E-state index in [1.807, 2.05) is 19.1 Å². The lowest BCUT2D eigenvalue weighted by molar-refractivity contribution is -0.140. The largest absolute Gasteiger partial charge is 0.497 e. The number of hydrogen-bond donors (Lipinski definition) is 1. The lowest BCUT2D eigenvalue weighted by Crippen LogP contribution is -2.47. The molecule has 2 aromatic carbocycles. The zero-order valence-electron chi connectivity index (χ0n) is 20.7. The van der Waals surface area contributed by atoms with Crippen molar-refractivity contribution in [2.45, 2.75) is 45.7 Å². The summed E-state index contributed by atoms with van der Waals surface area (Å²) in [6, 6.07) is 13.1. The first-order valence-electron chi connectivity index (χ1n) is 11.5. The molecule has 0 aromatic heterocycles. The summed E-state index contributed by atoms with van der Waals surface area (Å²) in [4.78, 5) is 27.4. The monoisotopic (exact) mass is 523 g/mol. The Labute approximate surface area is 213 Å². The molecule has 0 unspecified atom stereocenters. The van der Waals surface area contributed by atoms with E-state index in [1.165, 1.54) is 16.3 Å². The lowest BCUT2D eigenvalue weighted by Gasteiger charge is -2.29. The molecule has 2 aromatic rings. The average molecular weight is 524 g/mol. The maximum absolute atomic E-state index is 13.2. The minimum absolute atomic E-state index is 0.0675. The van der Waals surface area contributed by atoms with Crippen LogP contribution in [-0.2, 0) is 26.2 Å². The molecule has 0 heterocycles. The van der Waals surface area contributed by atoms with Gasteiger partial charge in [0.2, 0.25) is 21.8 Å². The molecule has 0 saturated heterocycles. The maximum atomic E-state index is 13.2. The molecule has 2 rings (SSSR count). The molecule has 0 aliphatic rings. The molecule has 0 radical (unpaired) electrons. The van der Waals surface area contributed by atoms with Crippen molar-refractivity contribution in [3.8, 4) is 5.75 Å². The minimum Gasteiger partial charge on any atom is -0.497 e. The number of nitrogens with zero attached hydrogens (tertiary/aromatic N) is 2. The van der Waals surface area contributed by atoms with E-state index < -0.39 is 16.1 Å². The Morgan fingerprint density at radius 3 is 2.34 bits per heavy atom. The standard InChI is InChI=1S/C25H34ClN3O5S/c1-5-16-27-25(31)19(2)28(18-20-9-6-7-10-23(20)26)24(30)11-8-17-29(35(4,32)33)21-12-14-22(34-3)15-13-21/h6-7,9-10,12-15,19H,5,8,11,16-18H2,1-4H3,(H,27,31)/t19-/m0/s1. The van der Waals surface area contributed by atoms with Crippen LogP contribution in [0.5, 0.6) is 5.75 Å². The van der Waals surface area contributed by atoms with Gasteiger partial charge in [-0.2, -0.15) is 0 Å². The second-order valence-corrected chi connectivity index (χ2v) is 10.5. The van der Waals surface area contributed by atoms with Crippen LogP contribution >= 0.6 is 11.6 Å². The summed E-state index contributed by atoms with van der Waals surface area (Å²) in [7, 11) is -2.03. The van der Waals surface area contributed by atoms with Gasteiger partial charge in [-0.05, 0) is 55.7 Å². The molecule has 35 heavy (non-hydrogen) atoms. The van der Waals surface area contributed by atoms with Gasteiger partial charge in [0.15, 0.2) is 0 Å². The van der Waals surface area contributed by atoms with Crippen molar-refractivity contribution < 1.29 is 22.7 Å². The van der Waals surface area contributed by atoms with Gasteiger partial charge in [-0.15, -0.1) is 0 Å². The van der Waals surface area contributed by atoms with Gasteiger partial charge in [-0.25, -0.2) is 8.42 Å². The second-order valence-electron chi connectivity index (χ2n) is 8.22. The number of ether oxygens (including phenoxy) is 1. The number of carbonyl (C=O) groups is 2. The SMILES string of the molecule is CCCNC(=O)[C@H](C)N(Cc1ccccc1Cl)C(=O)CCCN(c1ccc(OC)cc1)S(C)(=O)=O. The molecule has 0 saturated carbocycles. The molecular weight excluding hydrogens is 490 g/mol. The van der Waals surface area contributed by atoms with Gasteiger partial charge in [0.25, 0.3) is 0 Å². The number of benzene rings is 2. The van der Waals surface area contributed by atoms with E-state index >= 15 is 0 Å². The number of sulfonamides is 1. The molecule has 0 aliphatic carbocycles. The van der Waals surface area contributed by atoms with Crippen LogP contribution in [0.25, 0.3) is 0 Å². The van der Waals surface area contributed by atoms with Crippen molar-refractivity contribution in [3.05, 3.63) is 59.1 Å². The molecule has 2 amide bonds. The predicted octanol–water partition coefficient (Wildman–Crippen LogP) is 3.84. The number of halogens is 1. The van der Waals surface area contributed by atoms with Gasteiger partial charge < -0.3 is 15.0 Å². The van der Waals surface area contributed by atoms with Crippen LogP contribution in [0.15, 0.2) is 48.5 Å². The van der Waals surface area contributed by atoms with Gasteiger partial charge in [-0.3, -0.25) is 13.9 Å². The fourth-order valence-electron chi connectivity index (χ4n) is 3.54. The number of anilines is 1. The van der Waals surface area contributed by atoms with Crippen molar-refractivity contribution in [3.63, 3.8) is 0 Å². The number of nitrogens with one attached hydrogen (secondary N) is 1. The highest BCUT2D eigenvalue weighted by Gasteiger charge is 2.27. The van der Waals surface area contributed by atoms with Crippen molar-refractivity contribution in [2.75, 3.05) is 30.8 Å². The molecule has 1 N–H and O–H groups in total. The Balaban J connectivity index is 2.16. The Morgan fingerprint density at radius 1 is 1.11 bits per heavy atom. The van der Waals surface area contributed by atoms with Gasteiger partial charge in [0.05, 0.1) is 19.1 Å². The van der Waals surface area contributed by atoms with E-state index in [1.54, 1.807) is 43.3 Å². The Bertz CT molecular complexity index is 1090.